The summed E-state index contributed by atoms with van der Waals surface area (Å²) in [5, 5.41) is 4.14. The van der Waals surface area contributed by atoms with Crippen molar-refractivity contribution in [1.29, 1.82) is 0 Å². The first-order valence-corrected chi connectivity index (χ1v) is 7.82. The van der Waals surface area contributed by atoms with Gasteiger partial charge in [-0.15, -0.1) is 0 Å². The largest absolute Gasteiger partial charge is 0.338 e. The fraction of sp³-hybridized carbons (Fsp3) is 0.357. The van der Waals surface area contributed by atoms with E-state index in [4.69, 9.17) is 0 Å². The highest BCUT2D eigenvalue weighted by Crippen LogP contribution is 2.24. The number of amides is 1. The van der Waals surface area contributed by atoms with Crippen molar-refractivity contribution >= 4 is 28.5 Å². The molecule has 1 amide bonds. The predicted octanol–water partition coefficient (Wildman–Crippen LogP) is 2.50. The standard InChI is InChI=1S/C14H14FIN4O/c15-11-2-1-3-12(16)13(11)14(21)19-6-4-10(5-7-19)20-9-17-8-18-20/h1-3,8-10H,4-7H2. The van der Waals surface area contributed by atoms with E-state index in [9.17, 15) is 9.18 Å². The van der Waals surface area contributed by atoms with Crippen LogP contribution in [0.4, 0.5) is 4.39 Å². The molecule has 1 aromatic heterocycles. The Morgan fingerprint density at radius 3 is 2.71 bits per heavy atom. The summed E-state index contributed by atoms with van der Waals surface area (Å²) < 4.78 is 16.4. The van der Waals surface area contributed by atoms with Gasteiger partial charge < -0.3 is 4.90 Å². The van der Waals surface area contributed by atoms with E-state index in [0.717, 1.165) is 12.8 Å². The number of piperidine rings is 1. The van der Waals surface area contributed by atoms with Gasteiger partial charge in [-0.3, -0.25) is 4.79 Å². The van der Waals surface area contributed by atoms with Gasteiger partial charge in [0.05, 0.1) is 11.6 Å². The summed E-state index contributed by atoms with van der Waals surface area (Å²) in [7, 11) is 0. The van der Waals surface area contributed by atoms with Crippen LogP contribution >= 0.6 is 22.6 Å². The molecule has 2 heterocycles. The van der Waals surface area contributed by atoms with Crippen LogP contribution in [0, 0.1) is 9.39 Å². The smallest absolute Gasteiger partial charge is 0.257 e. The molecule has 1 fully saturated rings. The number of hydrogen-bond donors (Lipinski definition) is 0. The lowest BCUT2D eigenvalue weighted by atomic mass is 10.0. The number of halogens is 2. The highest BCUT2D eigenvalue weighted by molar-refractivity contribution is 14.1. The summed E-state index contributed by atoms with van der Waals surface area (Å²) in [6.07, 6.45) is 4.82. The Balaban J connectivity index is 1.71. The molecule has 1 aliphatic heterocycles. The molecule has 0 spiro atoms. The SMILES string of the molecule is O=C(c1c(F)cccc1I)N1CCC(n2cncn2)CC1. The van der Waals surface area contributed by atoms with Gasteiger partial charge >= 0.3 is 0 Å². The number of carbonyl (C=O) groups excluding carboxylic acids is 1. The maximum Gasteiger partial charge on any atom is 0.257 e. The zero-order valence-corrected chi connectivity index (χ0v) is 13.4. The van der Waals surface area contributed by atoms with Crippen LogP contribution in [0.1, 0.15) is 29.2 Å². The van der Waals surface area contributed by atoms with E-state index in [2.05, 4.69) is 10.1 Å². The molecule has 0 unspecified atom stereocenters. The van der Waals surface area contributed by atoms with Crippen molar-refractivity contribution in [1.82, 2.24) is 19.7 Å². The zero-order valence-electron chi connectivity index (χ0n) is 11.2. The molecule has 1 aliphatic rings. The fourth-order valence-corrected chi connectivity index (χ4v) is 3.30. The molecule has 0 bridgehead atoms. The minimum atomic E-state index is -0.453. The third-order valence-corrected chi connectivity index (χ3v) is 4.64. The first-order valence-electron chi connectivity index (χ1n) is 6.74. The van der Waals surface area contributed by atoms with Gasteiger partial charge in [0.2, 0.25) is 0 Å². The van der Waals surface area contributed by atoms with Crippen molar-refractivity contribution in [2.75, 3.05) is 13.1 Å². The highest BCUT2D eigenvalue weighted by atomic mass is 127. The summed E-state index contributed by atoms with van der Waals surface area (Å²) in [6.45, 7) is 1.21. The van der Waals surface area contributed by atoms with Gasteiger partial charge in [0.15, 0.2) is 0 Å². The summed E-state index contributed by atoms with van der Waals surface area (Å²) in [5.74, 6) is -0.681. The van der Waals surface area contributed by atoms with Gasteiger partial charge in [-0.1, -0.05) is 6.07 Å². The Kier molecular flexibility index (Phi) is 4.18. The minimum Gasteiger partial charge on any atom is -0.338 e. The third kappa shape index (κ3) is 2.92. The molecule has 0 N–H and O–H groups in total. The Hall–Kier alpha value is -1.51. The van der Waals surface area contributed by atoms with E-state index in [-0.39, 0.29) is 17.5 Å². The molecule has 1 saturated heterocycles. The van der Waals surface area contributed by atoms with Crippen LogP contribution in [-0.4, -0.2) is 38.7 Å². The molecule has 5 nitrogen and oxygen atoms in total. The summed E-state index contributed by atoms with van der Waals surface area (Å²) in [4.78, 5) is 18.1. The zero-order chi connectivity index (χ0) is 14.8. The maximum absolute atomic E-state index is 13.9. The second-order valence-corrected chi connectivity index (χ2v) is 6.16. The second-order valence-electron chi connectivity index (χ2n) is 5.00. The number of rotatable bonds is 2. The molecule has 0 atom stereocenters. The van der Waals surface area contributed by atoms with Crippen molar-refractivity contribution in [3.63, 3.8) is 0 Å². The van der Waals surface area contributed by atoms with Gasteiger partial charge in [-0.2, -0.15) is 5.10 Å². The molecule has 3 rings (SSSR count). The molecule has 0 aliphatic carbocycles. The minimum absolute atomic E-state index is 0.178. The Bertz CT molecular complexity index is 618. The van der Waals surface area contributed by atoms with Crippen LogP contribution in [0.25, 0.3) is 0 Å². The molecule has 110 valence electrons. The maximum atomic E-state index is 13.9. The number of benzene rings is 1. The molecule has 7 heteroatoms. The first kappa shape index (κ1) is 14.4. The lowest BCUT2D eigenvalue weighted by Gasteiger charge is -2.32. The monoisotopic (exact) mass is 400 g/mol. The van der Waals surface area contributed by atoms with Gasteiger partial charge in [0, 0.05) is 16.7 Å². The third-order valence-electron chi connectivity index (χ3n) is 3.74. The number of likely N-dealkylation sites (tertiary alicyclic amines) is 1. The Morgan fingerprint density at radius 1 is 1.33 bits per heavy atom. The van der Waals surface area contributed by atoms with Crippen molar-refractivity contribution < 1.29 is 9.18 Å². The van der Waals surface area contributed by atoms with E-state index in [1.807, 2.05) is 27.3 Å². The number of carbonyl (C=O) groups is 1. The lowest BCUT2D eigenvalue weighted by Crippen LogP contribution is -2.39. The molecule has 21 heavy (non-hydrogen) atoms. The molecule has 2 aromatic rings. The highest BCUT2D eigenvalue weighted by Gasteiger charge is 2.27. The fourth-order valence-electron chi connectivity index (χ4n) is 2.60. The van der Waals surface area contributed by atoms with E-state index in [1.54, 1.807) is 23.4 Å². The number of nitrogens with zero attached hydrogens (tertiary/aromatic N) is 4. The van der Waals surface area contributed by atoms with Crippen molar-refractivity contribution in [3.8, 4) is 0 Å². The van der Waals surface area contributed by atoms with Gasteiger partial charge in [0.1, 0.15) is 18.5 Å². The summed E-state index contributed by atoms with van der Waals surface area (Å²) >= 11 is 2.00. The normalized spacial score (nSPS) is 16.2. The second kappa shape index (κ2) is 6.08. The van der Waals surface area contributed by atoms with Crippen LogP contribution in [0.5, 0.6) is 0 Å². The Morgan fingerprint density at radius 2 is 2.10 bits per heavy atom. The topological polar surface area (TPSA) is 51.0 Å². The molecule has 1 aromatic carbocycles. The van der Waals surface area contributed by atoms with E-state index in [0.29, 0.717) is 16.7 Å². The van der Waals surface area contributed by atoms with Crippen LogP contribution < -0.4 is 0 Å². The van der Waals surface area contributed by atoms with Crippen molar-refractivity contribution in [3.05, 3.63) is 45.8 Å². The average Bonchev–Trinajstić information content (AvgIpc) is 3.01. The summed E-state index contributed by atoms with van der Waals surface area (Å²) in [5.41, 5.74) is 0.178. The molecule has 0 radical (unpaired) electrons. The number of aromatic nitrogens is 3. The molecular formula is C14H14FIN4O. The average molecular weight is 400 g/mol. The van der Waals surface area contributed by atoms with Crippen molar-refractivity contribution in [2.45, 2.75) is 18.9 Å². The van der Waals surface area contributed by atoms with Gasteiger partial charge in [-0.05, 0) is 47.6 Å². The Labute approximate surface area is 135 Å². The lowest BCUT2D eigenvalue weighted by molar-refractivity contribution is 0.0684. The van der Waals surface area contributed by atoms with Gasteiger partial charge in [0.25, 0.3) is 5.91 Å². The van der Waals surface area contributed by atoms with Crippen LogP contribution in [0.3, 0.4) is 0 Å². The van der Waals surface area contributed by atoms with E-state index >= 15 is 0 Å². The van der Waals surface area contributed by atoms with Crippen LogP contribution in [0.2, 0.25) is 0 Å². The summed E-state index contributed by atoms with van der Waals surface area (Å²) in [6, 6.07) is 4.96. The first-order chi connectivity index (χ1) is 10.2. The van der Waals surface area contributed by atoms with Crippen LogP contribution in [-0.2, 0) is 0 Å². The van der Waals surface area contributed by atoms with Gasteiger partial charge in [-0.25, -0.2) is 14.1 Å². The quantitative estimate of drug-likeness (QED) is 0.729. The molecular weight excluding hydrogens is 386 g/mol. The number of hydrogen-bond acceptors (Lipinski definition) is 3. The van der Waals surface area contributed by atoms with E-state index < -0.39 is 5.82 Å². The predicted molar refractivity (Wildman–Crippen MR) is 83.3 cm³/mol. The van der Waals surface area contributed by atoms with E-state index in [1.165, 1.54) is 12.4 Å². The van der Waals surface area contributed by atoms with Crippen molar-refractivity contribution in [2.24, 2.45) is 0 Å². The van der Waals surface area contributed by atoms with Crippen LogP contribution in [0.15, 0.2) is 30.9 Å². The molecule has 0 saturated carbocycles.